The van der Waals surface area contributed by atoms with E-state index in [0.717, 1.165) is 37.0 Å². The highest BCUT2D eigenvalue weighted by atomic mass is 16.5. The van der Waals surface area contributed by atoms with Gasteiger partial charge in [-0.15, -0.1) is 0 Å². The van der Waals surface area contributed by atoms with Crippen molar-refractivity contribution in [3.05, 3.63) is 11.9 Å². The molecule has 1 rings (SSSR count). The highest BCUT2D eigenvalue weighted by molar-refractivity contribution is 5.49. The van der Waals surface area contributed by atoms with Crippen molar-refractivity contribution in [3.63, 3.8) is 0 Å². The van der Waals surface area contributed by atoms with Crippen molar-refractivity contribution in [2.75, 3.05) is 44.1 Å². The van der Waals surface area contributed by atoms with Gasteiger partial charge in [0.25, 0.3) is 0 Å². The summed E-state index contributed by atoms with van der Waals surface area (Å²) in [7, 11) is 3.70. The number of anilines is 2. The summed E-state index contributed by atoms with van der Waals surface area (Å²) in [4.78, 5) is 10.9. The molecule has 1 unspecified atom stereocenters. The maximum Gasteiger partial charge on any atom is 0.134 e. The topological polar surface area (TPSA) is 76.3 Å². The van der Waals surface area contributed by atoms with Crippen molar-refractivity contribution in [2.24, 2.45) is 5.73 Å². The molecule has 6 heteroatoms. The lowest BCUT2D eigenvalue weighted by molar-refractivity contribution is 0.198. The number of hydrogen-bond donors (Lipinski definition) is 2. The fourth-order valence-corrected chi connectivity index (χ4v) is 1.64. The Kier molecular flexibility index (Phi) is 6.52. The van der Waals surface area contributed by atoms with E-state index in [1.165, 1.54) is 0 Å². The minimum absolute atomic E-state index is 0.246. The van der Waals surface area contributed by atoms with Crippen molar-refractivity contribution < 1.29 is 4.74 Å². The lowest BCUT2D eigenvalue weighted by atomic mass is 10.3. The molecule has 0 aromatic carbocycles. The molecular formula is C13H25N5O. The van der Waals surface area contributed by atoms with Gasteiger partial charge in [0.15, 0.2) is 0 Å². The Morgan fingerprint density at radius 1 is 1.47 bits per heavy atom. The first kappa shape index (κ1) is 15.7. The van der Waals surface area contributed by atoms with Crippen LogP contribution in [0.5, 0.6) is 0 Å². The van der Waals surface area contributed by atoms with Crippen LogP contribution in [-0.2, 0) is 4.74 Å². The van der Waals surface area contributed by atoms with Gasteiger partial charge < -0.3 is 20.7 Å². The number of rotatable bonds is 8. The van der Waals surface area contributed by atoms with Crippen molar-refractivity contribution in [1.29, 1.82) is 0 Å². The van der Waals surface area contributed by atoms with Crippen LogP contribution >= 0.6 is 0 Å². The molecule has 1 aromatic heterocycles. The zero-order chi connectivity index (χ0) is 14.3. The summed E-state index contributed by atoms with van der Waals surface area (Å²) in [5.74, 6) is 2.48. The second-order valence-electron chi connectivity index (χ2n) is 4.63. The van der Waals surface area contributed by atoms with Gasteiger partial charge in [0.2, 0.25) is 0 Å². The van der Waals surface area contributed by atoms with Gasteiger partial charge in [-0.1, -0.05) is 0 Å². The van der Waals surface area contributed by atoms with Crippen LogP contribution in [0, 0.1) is 6.92 Å². The van der Waals surface area contributed by atoms with E-state index in [9.17, 15) is 0 Å². The molecule has 3 N–H and O–H groups in total. The van der Waals surface area contributed by atoms with E-state index in [4.69, 9.17) is 10.5 Å². The molecule has 0 aliphatic heterocycles. The third-order valence-electron chi connectivity index (χ3n) is 3.02. The number of nitrogens with one attached hydrogen (secondary N) is 1. The molecular weight excluding hydrogens is 242 g/mol. The van der Waals surface area contributed by atoms with Crippen LogP contribution < -0.4 is 16.0 Å². The second-order valence-corrected chi connectivity index (χ2v) is 4.63. The average molecular weight is 267 g/mol. The summed E-state index contributed by atoms with van der Waals surface area (Å²) < 4.78 is 5.02. The molecule has 0 aliphatic carbocycles. The Morgan fingerprint density at radius 3 is 2.84 bits per heavy atom. The molecule has 0 radical (unpaired) electrons. The van der Waals surface area contributed by atoms with E-state index < -0.39 is 0 Å². The van der Waals surface area contributed by atoms with Crippen molar-refractivity contribution in [3.8, 4) is 0 Å². The fraction of sp³-hybridized carbons (Fsp3) is 0.692. The second kappa shape index (κ2) is 7.91. The summed E-state index contributed by atoms with van der Waals surface area (Å²) in [6.07, 6.45) is 0.948. The van der Waals surface area contributed by atoms with Crippen LogP contribution in [0.2, 0.25) is 0 Å². The van der Waals surface area contributed by atoms with Crippen molar-refractivity contribution >= 4 is 11.6 Å². The number of hydrogen-bond acceptors (Lipinski definition) is 6. The molecule has 108 valence electrons. The summed E-state index contributed by atoms with van der Waals surface area (Å²) in [6, 6.07) is 2.20. The highest BCUT2D eigenvalue weighted by Crippen LogP contribution is 2.16. The van der Waals surface area contributed by atoms with Gasteiger partial charge in [-0.05, 0) is 20.3 Å². The third-order valence-corrected chi connectivity index (χ3v) is 3.02. The number of ether oxygens (including phenoxy) is 1. The normalized spacial score (nSPS) is 12.3. The predicted octanol–water partition coefficient (Wildman–Crippen LogP) is 1.02. The number of aromatic nitrogens is 2. The van der Waals surface area contributed by atoms with E-state index in [2.05, 4.69) is 27.1 Å². The first-order valence-corrected chi connectivity index (χ1v) is 6.60. The molecule has 0 fully saturated rings. The average Bonchev–Trinajstić information content (AvgIpc) is 2.41. The first-order chi connectivity index (χ1) is 9.08. The number of likely N-dealkylation sites (N-methyl/N-ethyl adjacent to an activating group) is 1. The van der Waals surface area contributed by atoms with E-state index in [0.29, 0.717) is 6.54 Å². The van der Waals surface area contributed by atoms with Crippen LogP contribution in [0.15, 0.2) is 6.07 Å². The zero-order valence-electron chi connectivity index (χ0n) is 12.3. The van der Waals surface area contributed by atoms with Crippen LogP contribution in [0.1, 0.15) is 19.2 Å². The van der Waals surface area contributed by atoms with Crippen LogP contribution in [0.25, 0.3) is 0 Å². The van der Waals surface area contributed by atoms with Gasteiger partial charge in [-0.25, -0.2) is 9.97 Å². The number of methoxy groups -OCH3 is 1. The molecule has 0 aliphatic rings. The number of aryl methyl sites for hydroxylation is 1. The molecule has 1 atom stereocenters. The highest BCUT2D eigenvalue weighted by Gasteiger charge is 2.11. The molecule has 19 heavy (non-hydrogen) atoms. The molecule has 0 spiro atoms. The van der Waals surface area contributed by atoms with E-state index >= 15 is 0 Å². The summed E-state index contributed by atoms with van der Waals surface area (Å²) >= 11 is 0. The smallest absolute Gasteiger partial charge is 0.134 e. The largest absolute Gasteiger partial charge is 0.385 e. The van der Waals surface area contributed by atoms with Crippen LogP contribution in [0.3, 0.4) is 0 Å². The minimum Gasteiger partial charge on any atom is -0.385 e. The van der Waals surface area contributed by atoms with Gasteiger partial charge in [-0.2, -0.15) is 0 Å². The van der Waals surface area contributed by atoms with Crippen molar-refractivity contribution in [2.45, 2.75) is 26.3 Å². The molecule has 6 nitrogen and oxygen atoms in total. The SMILES string of the molecule is COCCCNc1cc(N(C)C(C)CN)nc(C)n1. The Hall–Kier alpha value is -1.40. The lowest BCUT2D eigenvalue weighted by Crippen LogP contribution is -2.36. The summed E-state index contributed by atoms with van der Waals surface area (Å²) in [6.45, 7) is 6.14. The van der Waals surface area contributed by atoms with Gasteiger partial charge in [0.05, 0.1) is 0 Å². The van der Waals surface area contributed by atoms with Gasteiger partial charge in [-0.3, -0.25) is 0 Å². The maximum atomic E-state index is 5.69. The summed E-state index contributed by atoms with van der Waals surface area (Å²) in [5.41, 5.74) is 5.69. The molecule has 0 saturated carbocycles. The Morgan fingerprint density at radius 2 is 2.21 bits per heavy atom. The van der Waals surface area contributed by atoms with E-state index in [1.807, 2.05) is 20.0 Å². The van der Waals surface area contributed by atoms with Gasteiger partial charge in [0.1, 0.15) is 17.5 Å². The first-order valence-electron chi connectivity index (χ1n) is 6.60. The third kappa shape index (κ3) is 5.00. The molecule has 0 bridgehead atoms. The van der Waals surface area contributed by atoms with E-state index in [-0.39, 0.29) is 6.04 Å². The van der Waals surface area contributed by atoms with Gasteiger partial charge in [0, 0.05) is 46.0 Å². The number of nitrogens with two attached hydrogens (primary N) is 1. The van der Waals surface area contributed by atoms with Crippen molar-refractivity contribution in [1.82, 2.24) is 9.97 Å². The molecule has 0 saturated heterocycles. The fourth-order valence-electron chi connectivity index (χ4n) is 1.64. The van der Waals surface area contributed by atoms with Crippen LogP contribution in [0.4, 0.5) is 11.6 Å². The maximum absolute atomic E-state index is 5.69. The van der Waals surface area contributed by atoms with Gasteiger partial charge >= 0.3 is 0 Å². The summed E-state index contributed by atoms with van der Waals surface area (Å²) in [5, 5.41) is 3.28. The Bertz CT molecular complexity index is 385. The Balaban J connectivity index is 2.70. The zero-order valence-corrected chi connectivity index (χ0v) is 12.3. The van der Waals surface area contributed by atoms with E-state index in [1.54, 1.807) is 7.11 Å². The minimum atomic E-state index is 0.246. The molecule has 1 aromatic rings. The predicted molar refractivity (Wildman–Crippen MR) is 78.7 cm³/mol. The molecule has 0 amide bonds. The number of nitrogens with zero attached hydrogens (tertiary/aromatic N) is 3. The quantitative estimate of drug-likeness (QED) is 0.685. The molecule has 1 heterocycles. The Labute approximate surface area is 115 Å². The monoisotopic (exact) mass is 267 g/mol. The van der Waals surface area contributed by atoms with Crippen LogP contribution in [-0.4, -0.2) is 49.9 Å². The standard InChI is InChI=1S/C13H25N5O/c1-10(9-14)18(3)13-8-12(16-11(2)17-13)15-6-5-7-19-4/h8,10H,5-7,9,14H2,1-4H3,(H,15,16,17). The lowest BCUT2D eigenvalue weighted by Gasteiger charge is -2.25.